The summed E-state index contributed by atoms with van der Waals surface area (Å²) in [5.41, 5.74) is -0.367. The van der Waals surface area contributed by atoms with Crippen LogP contribution in [-0.2, 0) is 6.18 Å². The molecular weight excluding hydrogens is 451 g/mol. The van der Waals surface area contributed by atoms with Gasteiger partial charge in [-0.1, -0.05) is 0 Å². The molecule has 3 rings (SSSR count). The van der Waals surface area contributed by atoms with Gasteiger partial charge in [-0.3, -0.25) is 4.79 Å². The Morgan fingerprint density at radius 1 is 1.03 bits per heavy atom. The molecule has 1 aromatic carbocycles. The van der Waals surface area contributed by atoms with Gasteiger partial charge < -0.3 is 24.4 Å². The minimum atomic E-state index is -4.41. The standard InChI is InChI=1S/C24H30F3N3O4/c1-4-32-19-13-16(14-20(33-5-2)22(19)34-6-3)23(31)29-18-9-11-30(12-10-18)21-8-7-17(15-28-21)24(25,26)27/h7-8,13-15,18H,4-6,9-12H2,1-3H3,(H,29,31). The first kappa shape index (κ1) is 25.5. The number of nitrogens with one attached hydrogen (secondary N) is 1. The van der Waals surface area contributed by atoms with Crippen LogP contribution in [-0.4, -0.2) is 49.8 Å². The molecule has 1 aliphatic heterocycles. The van der Waals surface area contributed by atoms with E-state index in [2.05, 4.69) is 10.3 Å². The van der Waals surface area contributed by atoms with Crippen molar-refractivity contribution in [1.82, 2.24) is 10.3 Å². The zero-order valence-electron chi connectivity index (χ0n) is 19.6. The van der Waals surface area contributed by atoms with Gasteiger partial charge in [0.25, 0.3) is 5.91 Å². The van der Waals surface area contributed by atoms with Crippen LogP contribution < -0.4 is 24.4 Å². The van der Waals surface area contributed by atoms with E-state index in [1.54, 1.807) is 12.1 Å². The highest BCUT2D eigenvalue weighted by Gasteiger charge is 2.31. The summed E-state index contributed by atoms with van der Waals surface area (Å²) < 4.78 is 55.3. The summed E-state index contributed by atoms with van der Waals surface area (Å²) in [6.07, 6.45) is -2.28. The minimum Gasteiger partial charge on any atom is -0.490 e. The molecule has 0 spiro atoms. The Balaban J connectivity index is 1.65. The summed E-state index contributed by atoms with van der Waals surface area (Å²) in [5, 5.41) is 3.04. The molecule has 0 unspecified atom stereocenters. The van der Waals surface area contributed by atoms with E-state index in [4.69, 9.17) is 14.2 Å². The number of carbonyl (C=O) groups is 1. The number of anilines is 1. The van der Waals surface area contributed by atoms with Crippen LogP contribution in [0.3, 0.4) is 0 Å². The molecular formula is C24H30F3N3O4. The van der Waals surface area contributed by atoms with Gasteiger partial charge in [-0.2, -0.15) is 13.2 Å². The zero-order chi connectivity index (χ0) is 24.7. The lowest BCUT2D eigenvalue weighted by Gasteiger charge is -2.33. The number of alkyl halides is 3. The molecule has 2 heterocycles. The van der Waals surface area contributed by atoms with Crippen molar-refractivity contribution < 1.29 is 32.2 Å². The van der Waals surface area contributed by atoms with Crippen molar-refractivity contribution in [3.05, 3.63) is 41.6 Å². The average molecular weight is 482 g/mol. The summed E-state index contributed by atoms with van der Waals surface area (Å²) >= 11 is 0. The highest BCUT2D eigenvalue weighted by atomic mass is 19.4. The molecule has 2 aromatic rings. The fourth-order valence-electron chi connectivity index (χ4n) is 3.78. The molecule has 0 radical (unpaired) electrons. The van der Waals surface area contributed by atoms with Gasteiger partial charge in [0.2, 0.25) is 5.75 Å². The number of piperidine rings is 1. The highest BCUT2D eigenvalue weighted by molar-refractivity contribution is 5.95. The average Bonchev–Trinajstić information content (AvgIpc) is 2.81. The second kappa shape index (κ2) is 11.3. The molecule has 1 N–H and O–H groups in total. The number of aromatic nitrogens is 1. The van der Waals surface area contributed by atoms with E-state index >= 15 is 0 Å². The quantitative estimate of drug-likeness (QED) is 0.560. The molecule has 1 aromatic heterocycles. The van der Waals surface area contributed by atoms with E-state index in [9.17, 15) is 18.0 Å². The van der Waals surface area contributed by atoms with Crippen LogP contribution in [0.2, 0.25) is 0 Å². The molecule has 7 nitrogen and oxygen atoms in total. The lowest BCUT2D eigenvalue weighted by atomic mass is 10.0. The van der Waals surface area contributed by atoms with Crippen molar-refractivity contribution in [1.29, 1.82) is 0 Å². The molecule has 1 saturated heterocycles. The van der Waals surface area contributed by atoms with Crippen LogP contribution in [0, 0.1) is 0 Å². The number of benzene rings is 1. The third kappa shape index (κ3) is 6.24. The molecule has 186 valence electrons. The van der Waals surface area contributed by atoms with Gasteiger partial charge in [-0.15, -0.1) is 0 Å². The topological polar surface area (TPSA) is 72.9 Å². The van der Waals surface area contributed by atoms with Crippen LogP contribution >= 0.6 is 0 Å². The van der Waals surface area contributed by atoms with Crippen molar-refractivity contribution in [2.24, 2.45) is 0 Å². The van der Waals surface area contributed by atoms with Crippen LogP contribution in [0.1, 0.15) is 49.5 Å². The van der Waals surface area contributed by atoms with Crippen LogP contribution in [0.4, 0.5) is 19.0 Å². The summed E-state index contributed by atoms with van der Waals surface area (Å²) in [6, 6.07) is 5.64. The highest BCUT2D eigenvalue weighted by Crippen LogP contribution is 2.39. The monoisotopic (exact) mass is 481 g/mol. The molecule has 0 bridgehead atoms. The number of hydrogen-bond donors (Lipinski definition) is 1. The number of carbonyl (C=O) groups excluding carboxylic acids is 1. The Morgan fingerprint density at radius 2 is 1.62 bits per heavy atom. The Morgan fingerprint density at radius 3 is 2.09 bits per heavy atom. The Labute approximate surface area is 197 Å². The Kier molecular flexibility index (Phi) is 8.46. The number of halogens is 3. The van der Waals surface area contributed by atoms with Gasteiger partial charge in [0, 0.05) is 30.9 Å². The number of rotatable bonds is 9. The first-order valence-corrected chi connectivity index (χ1v) is 11.4. The predicted octanol–water partition coefficient (Wildman–Crippen LogP) is 4.70. The summed E-state index contributed by atoms with van der Waals surface area (Å²) in [4.78, 5) is 18.9. The van der Waals surface area contributed by atoms with E-state index in [0.717, 1.165) is 12.3 Å². The third-order valence-corrected chi connectivity index (χ3v) is 5.40. The molecule has 10 heteroatoms. The first-order chi connectivity index (χ1) is 16.3. The SMILES string of the molecule is CCOc1cc(C(=O)NC2CCN(c3ccc(C(F)(F)F)cn3)CC2)cc(OCC)c1OCC. The Bertz CT molecular complexity index is 932. The summed E-state index contributed by atoms with van der Waals surface area (Å²) in [6.45, 7) is 7.95. The van der Waals surface area contributed by atoms with Crippen LogP contribution in [0.25, 0.3) is 0 Å². The maximum atomic E-state index is 13.0. The van der Waals surface area contributed by atoms with Crippen molar-refractivity contribution in [2.75, 3.05) is 37.8 Å². The maximum absolute atomic E-state index is 13.0. The van der Waals surface area contributed by atoms with Crippen LogP contribution in [0.15, 0.2) is 30.5 Å². The van der Waals surface area contributed by atoms with Gasteiger partial charge in [0.1, 0.15) is 5.82 Å². The fourth-order valence-corrected chi connectivity index (χ4v) is 3.78. The fraction of sp³-hybridized carbons (Fsp3) is 0.500. The predicted molar refractivity (Wildman–Crippen MR) is 122 cm³/mol. The third-order valence-electron chi connectivity index (χ3n) is 5.40. The Hall–Kier alpha value is -3.17. The zero-order valence-corrected chi connectivity index (χ0v) is 19.6. The van der Waals surface area contributed by atoms with Crippen molar-refractivity contribution in [3.8, 4) is 17.2 Å². The first-order valence-electron chi connectivity index (χ1n) is 11.4. The largest absolute Gasteiger partial charge is 0.490 e. The summed E-state index contributed by atoms with van der Waals surface area (Å²) in [5.74, 6) is 1.61. The second-order valence-corrected chi connectivity index (χ2v) is 7.74. The van der Waals surface area contributed by atoms with E-state index < -0.39 is 11.7 Å². The van der Waals surface area contributed by atoms with E-state index in [1.807, 2.05) is 25.7 Å². The lowest BCUT2D eigenvalue weighted by molar-refractivity contribution is -0.137. The number of amides is 1. The lowest BCUT2D eigenvalue weighted by Crippen LogP contribution is -2.45. The van der Waals surface area contributed by atoms with E-state index in [-0.39, 0.29) is 11.9 Å². The molecule has 1 amide bonds. The van der Waals surface area contributed by atoms with Gasteiger partial charge in [-0.05, 0) is 57.9 Å². The number of pyridine rings is 1. The van der Waals surface area contributed by atoms with Crippen LogP contribution in [0.5, 0.6) is 17.2 Å². The smallest absolute Gasteiger partial charge is 0.417 e. The minimum absolute atomic E-state index is 0.0733. The molecule has 34 heavy (non-hydrogen) atoms. The van der Waals surface area contributed by atoms with Gasteiger partial charge >= 0.3 is 6.18 Å². The van der Waals surface area contributed by atoms with E-state index in [0.29, 0.717) is 74.4 Å². The van der Waals surface area contributed by atoms with Crippen molar-refractivity contribution in [3.63, 3.8) is 0 Å². The maximum Gasteiger partial charge on any atom is 0.417 e. The number of ether oxygens (including phenoxy) is 3. The molecule has 0 saturated carbocycles. The number of hydrogen-bond acceptors (Lipinski definition) is 6. The summed E-state index contributed by atoms with van der Waals surface area (Å²) in [7, 11) is 0. The van der Waals surface area contributed by atoms with Gasteiger partial charge in [-0.25, -0.2) is 4.98 Å². The molecule has 0 aliphatic carbocycles. The normalized spacial score (nSPS) is 14.6. The molecule has 0 atom stereocenters. The van der Waals surface area contributed by atoms with Gasteiger partial charge in [0.05, 0.1) is 25.4 Å². The molecule has 1 aliphatic rings. The van der Waals surface area contributed by atoms with Gasteiger partial charge in [0.15, 0.2) is 11.5 Å². The second-order valence-electron chi connectivity index (χ2n) is 7.74. The van der Waals surface area contributed by atoms with Crippen molar-refractivity contribution in [2.45, 2.75) is 45.8 Å². The number of nitrogens with zero attached hydrogens (tertiary/aromatic N) is 2. The van der Waals surface area contributed by atoms with E-state index in [1.165, 1.54) is 6.07 Å². The molecule has 1 fully saturated rings. The van der Waals surface area contributed by atoms with Crippen molar-refractivity contribution >= 4 is 11.7 Å².